The van der Waals surface area contributed by atoms with Crippen LogP contribution in [0, 0.1) is 0 Å². The molecule has 164 valence electrons. The van der Waals surface area contributed by atoms with Crippen molar-refractivity contribution in [1.82, 2.24) is 15.1 Å². The Bertz CT molecular complexity index is 1160. The summed E-state index contributed by atoms with van der Waals surface area (Å²) in [5, 5.41) is 11.1. The number of nitrogens with one attached hydrogen (secondary N) is 1. The van der Waals surface area contributed by atoms with Gasteiger partial charge in [0.25, 0.3) is 5.91 Å². The summed E-state index contributed by atoms with van der Waals surface area (Å²) in [6.07, 6.45) is 1.72. The molecule has 2 aliphatic heterocycles. The molecule has 5 rings (SSSR count). The summed E-state index contributed by atoms with van der Waals surface area (Å²) in [6.45, 7) is 2.83. The van der Waals surface area contributed by atoms with Crippen LogP contribution in [0.4, 0.5) is 5.69 Å². The van der Waals surface area contributed by atoms with E-state index in [-0.39, 0.29) is 24.5 Å². The molecule has 2 aliphatic rings. The first-order valence-corrected chi connectivity index (χ1v) is 10.5. The Morgan fingerprint density at radius 3 is 2.69 bits per heavy atom. The second-order valence-electron chi connectivity index (χ2n) is 7.86. The number of carbonyl (C=O) groups excluding carboxylic acids is 2. The van der Waals surface area contributed by atoms with Crippen LogP contribution in [0.3, 0.4) is 0 Å². The molecule has 0 radical (unpaired) electrons. The summed E-state index contributed by atoms with van der Waals surface area (Å²) in [4.78, 5) is 26.0. The van der Waals surface area contributed by atoms with Crippen molar-refractivity contribution >= 4 is 17.5 Å². The minimum Gasteiger partial charge on any atom is -0.454 e. The highest BCUT2D eigenvalue weighted by Gasteiger charge is 2.29. The van der Waals surface area contributed by atoms with Crippen molar-refractivity contribution in [3.8, 4) is 23.0 Å². The molecule has 32 heavy (non-hydrogen) atoms. The highest BCUT2D eigenvalue weighted by molar-refractivity contribution is 5.95. The maximum absolute atomic E-state index is 13.0. The summed E-state index contributed by atoms with van der Waals surface area (Å²) in [7, 11) is 0. The lowest BCUT2D eigenvalue weighted by molar-refractivity contribution is -0.114. The fourth-order valence-corrected chi connectivity index (χ4v) is 3.99. The molecule has 1 fully saturated rings. The third kappa shape index (κ3) is 4.01. The summed E-state index contributed by atoms with van der Waals surface area (Å²) < 4.78 is 16.7. The monoisotopic (exact) mass is 434 g/mol. The van der Waals surface area contributed by atoms with E-state index in [9.17, 15) is 9.59 Å². The maximum atomic E-state index is 13.0. The van der Waals surface area contributed by atoms with Gasteiger partial charge in [-0.15, -0.1) is 10.2 Å². The van der Waals surface area contributed by atoms with Gasteiger partial charge in [-0.25, -0.2) is 0 Å². The zero-order valence-electron chi connectivity index (χ0n) is 17.5. The molecule has 1 N–H and O–H groups in total. The number of ether oxygens (including phenoxy) is 2. The second kappa shape index (κ2) is 8.33. The van der Waals surface area contributed by atoms with Crippen LogP contribution in [0.1, 0.15) is 41.9 Å². The van der Waals surface area contributed by atoms with Gasteiger partial charge in [-0.1, -0.05) is 0 Å². The maximum Gasteiger partial charge on any atom is 0.253 e. The summed E-state index contributed by atoms with van der Waals surface area (Å²) in [5.74, 6) is 2.05. The van der Waals surface area contributed by atoms with Crippen LogP contribution in [0.5, 0.6) is 11.5 Å². The average Bonchev–Trinajstić information content (AvgIpc) is 3.48. The summed E-state index contributed by atoms with van der Waals surface area (Å²) in [6, 6.07) is 12.4. The number of piperidine rings is 1. The van der Waals surface area contributed by atoms with E-state index < -0.39 is 0 Å². The summed E-state index contributed by atoms with van der Waals surface area (Å²) in [5.41, 5.74) is 2.00. The lowest BCUT2D eigenvalue weighted by Gasteiger charge is -2.31. The smallest absolute Gasteiger partial charge is 0.253 e. The van der Waals surface area contributed by atoms with Gasteiger partial charge in [0.1, 0.15) is 0 Å². The number of hydrogen-bond donors (Lipinski definition) is 1. The highest BCUT2D eigenvalue weighted by Crippen LogP contribution is 2.36. The molecule has 9 heteroatoms. The molecule has 2 amide bonds. The van der Waals surface area contributed by atoms with Crippen molar-refractivity contribution in [2.75, 3.05) is 25.2 Å². The van der Waals surface area contributed by atoms with E-state index in [0.29, 0.717) is 47.6 Å². The quantitative estimate of drug-likeness (QED) is 0.670. The number of likely N-dealkylation sites (tertiary alicyclic amines) is 1. The van der Waals surface area contributed by atoms with E-state index >= 15 is 0 Å². The van der Waals surface area contributed by atoms with E-state index in [0.717, 1.165) is 18.4 Å². The molecule has 9 nitrogen and oxygen atoms in total. The van der Waals surface area contributed by atoms with Crippen LogP contribution >= 0.6 is 0 Å². The third-order valence-corrected chi connectivity index (χ3v) is 5.57. The molecule has 1 unspecified atom stereocenters. The zero-order valence-corrected chi connectivity index (χ0v) is 17.5. The predicted octanol–water partition coefficient (Wildman–Crippen LogP) is 3.44. The van der Waals surface area contributed by atoms with E-state index in [4.69, 9.17) is 13.9 Å². The first kappa shape index (κ1) is 20.0. The molecule has 0 saturated carbocycles. The molecule has 1 aromatic heterocycles. The van der Waals surface area contributed by atoms with Crippen LogP contribution in [-0.4, -0.2) is 46.8 Å². The SMILES string of the molecule is CC(=O)Nc1ccc(C(=O)N2CCCC(c3nnc(-c4ccc5c(c4)OCO5)o3)C2)cc1. The number of anilines is 1. The average molecular weight is 434 g/mol. The molecule has 1 saturated heterocycles. The van der Waals surface area contributed by atoms with Crippen LogP contribution in [0.15, 0.2) is 46.9 Å². The van der Waals surface area contributed by atoms with Crippen LogP contribution in [-0.2, 0) is 4.79 Å². The molecule has 2 aromatic carbocycles. The van der Waals surface area contributed by atoms with Gasteiger partial charge in [0.05, 0.1) is 5.92 Å². The van der Waals surface area contributed by atoms with Crippen molar-refractivity contribution in [3.63, 3.8) is 0 Å². The van der Waals surface area contributed by atoms with Gasteiger partial charge in [0.2, 0.25) is 24.5 Å². The second-order valence-corrected chi connectivity index (χ2v) is 7.86. The molecule has 3 heterocycles. The Morgan fingerprint density at radius 1 is 1.06 bits per heavy atom. The Morgan fingerprint density at radius 2 is 1.88 bits per heavy atom. The van der Waals surface area contributed by atoms with Gasteiger partial charge in [-0.3, -0.25) is 9.59 Å². The van der Waals surface area contributed by atoms with Gasteiger partial charge in [0.15, 0.2) is 11.5 Å². The molecule has 3 aromatic rings. The Labute approximate surface area is 184 Å². The van der Waals surface area contributed by atoms with Gasteiger partial charge in [-0.05, 0) is 55.3 Å². The number of amides is 2. The van der Waals surface area contributed by atoms with Crippen molar-refractivity contribution in [1.29, 1.82) is 0 Å². The number of hydrogen-bond acceptors (Lipinski definition) is 7. The minimum atomic E-state index is -0.150. The highest BCUT2D eigenvalue weighted by atomic mass is 16.7. The number of carbonyl (C=O) groups is 2. The van der Waals surface area contributed by atoms with E-state index in [1.54, 1.807) is 24.3 Å². The normalized spacial score (nSPS) is 17.3. The van der Waals surface area contributed by atoms with E-state index in [1.165, 1.54) is 6.92 Å². The van der Waals surface area contributed by atoms with Crippen LogP contribution in [0.25, 0.3) is 11.5 Å². The van der Waals surface area contributed by atoms with Crippen molar-refractivity contribution in [2.24, 2.45) is 0 Å². The zero-order chi connectivity index (χ0) is 22.1. The number of fused-ring (bicyclic) bond motifs is 1. The first-order chi connectivity index (χ1) is 15.6. The molecule has 0 bridgehead atoms. The van der Waals surface area contributed by atoms with Gasteiger partial charge >= 0.3 is 0 Å². The van der Waals surface area contributed by atoms with Crippen molar-refractivity contribution < 1.29 is 23.5 Å². The Hall–Kier alpha value is -3.88. The number of rotatable bonds is 4. The summed E-state index contributed by atoms with van der Waals surface area (Å²) >= 11 is 0. The number of aromatic nitrogens is 2. The van der Waals surface area contributed by atoms with Gasteiger partial charge in [-0.2, -0.15) is 0 Å². The lowest BCUT2D eigenvalue weighted by Crippen LogP contribution is -2.39. The molecule has 0 spiro atoms. The molecule has 1 atom stereocenters. The fourth-order valence-electron chi connectivity index (χ4n) is 3.99. The molecule has 0 aliphatic carbocycles. The van der Waals surface area contributed by atoms with Crippen molar-refractivity contribution in [3.05, 3.63) is 53.9 Å². The van der Waals surface area contributed by atoms with Crippen LogP contribution in [0.2, 0.25) is 0 Å². The van der Waals surface area contributed by atoms with Crippen LogP contribution < -0.4 is 14.8 Å². The van der Waals surface area contributed by atoms with E-state index in [2.05, 4.69) is 15.5 Å². The minimum absolute atomic E-state index is 0.0263. The number of benzene rings is 2. The third-order valence-electron chi connectivity index (χ3n) is 5.57. The van der Waals surface area contributed by atoms with E-state index in [1.807, 2.05) is 23.1 Å². The van der Waals surface area contributed by atoms with Gasteiger partial charge in [0, 0.05) is 36.8 Å². The predicted molar refractivity (Wildman–Crippen MR) is 114 cm³/mol. The standard InChI is InChI=1S/C23H22N4O5/c1-14(28)24-18-7-4-15(5-8-18)23(29)27-10-2-3-17(12-27)22-26-25-21(32-22)16-6-9-19-20(11-16)31-13-30-19/h4-9,11,17H,2-3,10,12-13H2,1H3,(H,24,28). The van der Waals surface area contributed by atoms with Gasteiger partial charge < -0.3 is 24.1 Å². The molecular weight excluding hydrogens is 412 g/mol. The Balaban J connectivity index is 1.28. The molecular formula is C23H22N4O5. The van der Waals surface area contributed by atoms with Crippen molar-refractivity contribution in [2.45, 2.75) is 25.7 Å². The largest absolute Gasteiger partial charge is 0.454 e. The number of nitrogens with zero attached hydrogens (tertiary/aromatic N) is 3. The fraction of sp³-hybridized carbons (Fsp3) is 0.304. The first-order valence-electron chi connectivity index (χ1n) is 10.5. The topological polar surface area (TPSA) is 107 Å². The Kier molecular flexibility index (Phi) is 5.22. The lowest BCUT2D eigenvalue weighted by atomic mass is 9.97.